The number of carbonyl (C=O) groups excluding carboxylic acids is 1. The molecule has 5 heteroatoms. The monoisotopic (exact) mass is 328 g/mol. The van der Waals surface area contributed by atoms with Crippen LogP contribution in [0.4, 0.5) is 4.79 Å². The normalized spacial score (nSPS) is 10.0. The Balaban J connectivity index is 1.55. The summed E-state index contributed by atoms with van der Waals surface area (Å²) in [7, 11) is 1.65. The lowest BCUT2D eigenvalue weighted by Gasteiger charge is -2.10. The van der Waals surface area contributed by atoms with Gasteiger partial charge in [0.25, 0.3) is 0 Å². The number of urea groups is 1. The van der Waals surface area contributed by atoms with E-state index in [1.807, 2.05) is 54.6 Å². The van der Waals surface area contributed by atoms with Gasteiger partial charge >= 0.3 is 6.03 Å². The molecule has 0 saturated heterocycles. The highest BCUT2D eigenvalue weighted by molar-refractivity contribution is 5.73. The van der Waals surface area contributed by atoms with Crippen LogP contribution in [0.2, 0.25) is 0 Å². The fourth-order valence-corrected chi connectivity index (χ4v) is 2.26. The molecular formula is C19H24N2O3. The first-order valence-corrected chi connectivity index (χ1v) is 8.11. The topological polar surface area (TPSA) is 59.6 Å². The molecule has 0 unspecified atom stereocenters. The first-order valence-electron chi connectivity index (χ1n) is 8.11. The molecule has 0 aliphatic carbocycles. The van der Waals surface area contributed by atoms with Gasteiger partial charge < -0.3 is 20.1 Å². The summed E-state index contributed by atoms with van der Waals surface area (Å²) < 4.78 is 10.9. The van der Waals surface area contributed by atoms with E-state index in [4.69, 9.17) is 9.47 Å². The summed E-state index contributed by atoms with van der Waals surface area (Å²) in [6.45, 7) is 1.71. The van der Waals surface area contributed by atoms with Crippen molar-refractivity contribution in [2.75, 3.05) is 26.8 Å². The number of amides is 2. The van der Waals surface area contributed by atoms with Crippen molar-refractivity contribution in [2.24, 2.45) is 0 Å². The Labute approximate surface area is 143 Å². The third kappa shape index (κ3) is 6.20. The van der Waals surface area contributed by atoms with Gasteiger partial charge in [-0.3, -0.25) is 0 Å². The van der Waals surface area contributed by atoms with Gasteiger partial charge in [0.1, 0.15) is 11.5 Å². The molecule has 5 nitrogen and oxygen atoms in total. The van der Waals surface area contributed by atoms with Gasteiger partial charge in [0.15, 0.2) is 0 Å². The summed E-state index contributed by atoms with van der Waals surface area (Å²) in [4.78, 5) is 11.7. The first kappa shape index (κ1) is 17.7. The van der Waals surface area contributed by atoms with E-state index in [-0.39, 0.29) is 6.03 Å². The van der Waals surface area contributed by atoms with Crippen LogP contribution in [0.1, 0.15) is 12.0 Å². The second-order valence-corrected chi connectivity index (χ2v) is 5.26. The van der Waals surface area contributed by atoms with Crippen LogP contribution in [0, 0.1) is 0 Å². The Morgan fingerprint density at radius 3 is 2.46 bits per heavy atom. The predicted octanol–water partition coefficient (Wildman–Crippen LogP) is 3.01. The average Bonchev–Trinajstić information content (AvgIpc) is 2.63. The Hall–Kier alpha value is -2.69. The molecule has 0 aliphatic heterocycles. The van der Waals surface area contributed by atoms with Crippen molar-refractivity contribution in [3.63, 3.8) is 0 Å². The van der Waals surface area contributed by atoms with Crippen molar-refractivity contribution in [2.45, 2.75) is 12.8 Å². The Morgan fingerprint density at radius 2 is 1.67 bits per heavy atom. The SMILES string of the molecule is COc1ccccc1CCNC(=O)NCCCOc1ccccc1. The number of para-hydroxylation sites is 2. The molecule has 2 N–H and O–H groups in total. The average molecular weight is 328 g/mol. The molecule has 2 rings (SSSR count). The summed E-state index contributed by atoms with van der Waals surface area (Å²) >= 11 is 0. The lowest BCUT2D eigenvalue weighted by molar-refractivity contribution is 0.239. The molecule has 2 aromatic rings. The second-order valence-electron chi connectivity index (χ2n) is 5.26. The lowest BCUT2D eigenvalue weighted by atomic mass is 10.1. The smallest absolute Gasteiger partial charge is 0.314 e. The molecule has 2 aromatic carbocycles. The molecule has 0 bridgehead atoms. The van der Waals surface area contributed by atoms with Crippen LogP contribution in [0.5, 0.6) is 11.5 Å². The standard InChI is InChI=1S/C19H24N2O3/c1-23-18-11-6-5-8-16(18)12-14-21-19(22)20-13-7-15-24-17-9-3-2-4-10-17/h2-6,8-11H,7,12-15H2,1H3,(H2,20,21,22). The van der Waals surface area contributed by atoms with E-state index in [0.717, 1.165) is 29.9 Å². The molecule has 128 valence electrons. The highest BCUT2D eigenvalue weighted by Gasteiger charge is 2.03. The second kappa shape index (κ2) is 10.2. The lowest BCUT2D eigenvalue weighted by Crippen LogP contribution is -2.37. The number of hydrogen-bond acceptors (Lipinski definition) is 3. The van der Waals surface area contributed by atoms with Gasteiger partial charge in [-0.15, -0.1) is 0 Å². The molecule has 0 radical (unpaired) electrons. The van der Waals surface area contributed by atoms with Gasteiger partial charge in [-0.1, -0.05) is 36.4 Å². The number of carbonyl (C=O) groups is 1. The van der Waals surface area contributed by atoms with Crippen molar-refractivity contribution in [3.05, 3.63) is 60.2 Å². The zero-order chi connectivity index (χ0) is 17.0. The highest BCUT2D eigenvalue weighted by Crippen LogP contribution is 2.17. The molecule has 2 amide bonds. The summed E-state index contributed by atoms with van der Waals surface area (Å²) in [6.07, 6.45) is 1.49. The van der Waals surface area contributed by atoms with Crippen LogP contribution in [0.15, 0.2) is 54.6 Å². The summed E-state index contributed by atoms with van der Waals surface area (Å²) in [6, 6.07) is 17.3. The van der Waals surface area contributed by atoms with Crippen LogP contribution in [0.25, 0.3) is 0 Å². The van der Waals surface area contributed by atoms with Gasteiger partial charge in [0.2, 0.25) is 0 Å². The van der Waals surface area contributed by atoms with Gasteiger partial charge in [-0.25, -0.2) is 4.79 Å². The largest absolute Gasteiger partial charge is 0.496 e. The van der Waals surface area contributed by atoms with E-state index < -0.39 is 0 Å². The van der Waals surface area contributed by atoms with Crippen LogP contribution in [0.3, 0.4) is 0 Å². The molecule has 0 atom stereocenters. The van der Waals surface area contributed by atoms with Gasteiger partial charge in [-0.2, -0.15) is 0 Å². The number of methoxy groups -OCH3 is 1. The van der Waals surface area contributed by atoms with Crippen molar-refractivity contribution in [1.29, 1.82) is 0 Å². The maximum absolute atomic E-state index is 11.7. The Kier molecular flexibility index (Phi) is 7.47. The van der Waals surface area contributed by atoms with E-state index in [1.165, 1.54) is 0 Å². The molecule has 24 heavy (non-hydrogen) atoms. The molecule has 0 aromatic heterocycles. The molecule has 0 heterocycles. The maximum Gasteiger partial charge on any atom is 0.314 e. The maximum atomic E-state index is 11.7. The minimum atomic E-state index is -0.162. The van der Waals surface area contributed by atoms with Crippen molar-refractivity contribution >= 4 is 6.03 Å². The molecule has 0 fully saturated rings. The number of hydrogen-bond donors (Lipinski definition) is 2. The zero-order valence-electron chi connectivity index (χ0n) is 14.0. The number of rotatable bonds is 9. The number of benzene rings is 2. The fraction of sp³-hybridized carbons (Fsp3) is 0.316. The molecule has 0 saturated carbocycles. The van der Waals surface area contributed by atoms with E-state index in [2.05, 4.69) is 10.6 Å². The van der Waals surface area contributed by atoms with Crippen LogP contribution in [-0.4, -0.2) is 32.8 Å². The van der Waals surface area contributed by atoms with Gasteiger partial charge in [-0.05, 0) is 36.6 Å². The van der Waals surface area contributed by atoms with Crippen molar-refractivity contribution in [3.8, 4) is 11.5 Å². The summed E-state index contributed by atoms with van der Waals surface area (Å²) in [5.74, 6) is 1.69. The van der Waals surface area contributed by atoms with Crippen molar-refractivity contribution < 1.29 is 14.3 Å². The minimum Gasteiger partial charge on any atom is -0.496 e. The van der Waals surface area contributed by atoms with E-state index >= 15 is 0 Å². The Morgan fingerprint density at radius 1 is 0.958 bits per heavy atom. The third-order valence-corrected chi connectivity index (χ3v) is 3.49. The zero-order valence-corrected chi connectivity index (χ0v) is 14.0. The van der Waals surface area contributed by atoms with E-state index in [9.17, 15) is 4.79 Å². The van der Waals surface area contributed by atoms with Gasteiger partial charge in [0, 0.05) is 13.1 Å². The summed E-state index contributed by atoms with van der Waals surface area (Å²) in [5, 5.41) is 5.67. The quantitative estimate of drug-likeness (QED) is 0.696. The van der Waals surface area contributed by atoms with Crippen molar-refractivity contribution in [1.82, 2.24) is 10.6 Å². The first-order chi connectivity index (χ1) is 11.8. The van der Waals surface area contributed by atoms with E-state index in [1.54, 1.807) is 7.11 Å². The fourth-order valence-electron chi connectivity index (χ4n) is 2.26. The number of ether oxygens (including phenoxy) is 2. The number of nitrogens with one attached hydrogen (secondary N) is 2. The molecule has 0 spiro atoms. The highest BCUT2D eigenvalue weighted by atomic mass is 16.5. The predicted molar refractivity (Wildman–Crippen MR) is 94.7 cm³/mol. The van der Waals surface area contributed by atoms with Crippen LogP contribution < -0.4 is 20.1 Å². The van der Waals surface area contributed by atoms with Crippen LogP contribution in [-0.2, 0) is 6.42 Å². The third-order valence-electron chi connectivity index (χ3n) is 3.49. The summed E-state index contributed by atoms with van der Waals surface area (Å²) in [5.41, 5.74) is 1.08. The molecular weight excluding hydrogens is 304 g/mol. The minimum absolute atomic E-state index is 0.162. The molecule has 0 aliphatic rings. The van der Waals surface area contributed by atoms with Crippen LogP contribution >= 0.6 is 0 Å². The van der Waals surface area contributed by atoms with Gasteiger partial charge in [0.05, 0.1) is 13.7 Å². The van der Waals surface area contributed by atoms with E-state index in [0.29, 0.717) is 19.7 Å². The Bertz CT molecular complexity index is 617.